The number of benzene rings is 2. The molecule has 1 heterocycles. The second-order valence-corrected chi connectivity index (χ2v) is 11.5. The molecule has 1 N–H and O–H groups in total. The second kappa shape index (κ2) is 7.70. The predicted octanol–water partition coefficient (Wildman–Crippen LogP) is 6.70. The Morgan fingerprint density at radius 3 is 2.48 bits per heavy atom. The average molecular weight is 440 g/mol. The maximum absolute atomic E-state index is 13.1. The molecule has 0 bridgehead atoms. The average Bonchev–Trinajstić information content (AvgIpc) is 3.07. The number of hydrogen-bond acceptors (Lipinski definition) is 3. The third-order valence-electron chi connectivity index (χ3n) is 7.39. The van der Waals surface area contributed by atoms with Crippen molar-refractivity contribution in [3.8, 4) is 0 Å². The molecule has 0 amide bonds. The van der Waals surface area contributed by atoms with Crippen LogP contribution < -0.4 is 4.72 Å². The molecule has 166 valence electrons. The first-order valence-electron chi connectivity index (χ1n) is 11.2. The van der Waals surface area contributed by atoms with E-state index in [0.29, 0.717) is 16.5 Å². The van der Waals surface area contributed by atoms with Gasteiger partial charge in [-0.1, -0.05) is 33.3 Å². The van der Waals surface area contributed by atoms with Crippen LogP contribution in [0.5, 0.6) is 0 Å². The van der Waals surface area contributed by atoms with Crippen molar-refractivity contribution < 1.29 is 12.8 Å². The second-order valence-electron chi connectivity index (χ2n) is 9.80. The Morgan fingerprint density at radius 1 is 1.06 bits per heavy atom. The highest BCUT2D eigenvalue weighted by molar-refractivity contribution is 7.92. The maximum Gasteiger partial charge on any atom is 0.262 e. The number of hydrogen-bond donors (Lipinski definition) is 1. The lowest BCUT2D eigenvalue weighted by atomic mass is 9.69. The van der Waals surface area contributed by atoms with Crippen LogP contribution >= 0.6 is 0 Å². The van der Waals surface area contributed by atoms with Crippen LogP contribution in [0, 0.1) is 32.1 Å². The summed E-state index contributed by atoms with van der Waals surface area (Å²) in [7, 11) is -3.67. The van der Waals surface area contributed by atoms with Gasteiger partial charge >= 0.3 is 0 Å². The monoisotopic (exact) mass is 439 g/mol. The minimum Gasteiger partial charge on any atom is -0.461 e. The molecule has 4 rings (SSSR count). The molecule has 1 aliphatic carbocycles. The van der Waals surface area contributed by atoms with Gasteiger partial charge in [-0.05, 0) is 85.9 Å². The molecule has 31 heavy (non-hydrogen) atoms. The van der Waals surface area contributed by atoms with Gasteiger partial charge in [0.25, 0.3) is 10.0 Å². The van der Waals surface area contributed by atoms with E-state index in [9.17, 15) is 8.42 Å². The number of anilines is 1. The van der Waals surface area contributed by atoms with E-state index in [2.05, 4.69) is 25.5 Å². The molecule has 1 aromatic heterocycles. The Morgan fingerprint density at radius 2 is 1.77 bits per heavy atom. The third kappa shape index (κ3) is 4.00. The zero-order chi connectivity index (χ0) is 22.6. The zero-order valence-corrected chi connectivity index (χ0v) is 20.2. The Balaban J connectivity index is 1.69. The van der Waals surface area contributed by atoms with Gasteiger partial charge in [0.2, 0.25) is 0 Å². The van der Waals surface area contributed by atoms with E-state index in [1.807, 2.05) is 39.0 Å². The summed E-state index contributed by atoms with van der Waals surface area (Å²) in [6, 6.07) is 9.29. The van der Waals surface area contributed by atoms with Gasteiger partial charge in [0, 0.05) is 23.1 Å². The van der Waals surface area contributed by atoms with E-state index < -0.39 is 10.0 Å². The topological polar surface area (TPSA) is 59.3 Å². The summed E-state index contributed by atoms with van der Waals surface area (Å²) in [6.07, 6.45) is 4.21. The lowest BCUT2D eigenvalue weighted by Gasteiger charge is -2.36. The van der Waals surface area contributed by atoms with Crippen molar-refractivity contribution in [2.24, 2.45) is 11.3 Å². The Bertz CT molecular complexity index is 1250. The van der Waals surface area contributed by atoms with Gasteiger partial charge in [-0.25, -0.2) is 8.42 Å². The van der Waals surface area contributed by atoms with E-state index >= 15 is 0 Å². The van der Waals surface area contributed by atoms with Crippen LogP contribution in [0.25, 0.3) is 11.0 Å². The molecule has 0 fully saturated rings. The Kier molecular flexibility index (Phi) is 5.45. The molecule has 5 heteroatoms. The summed E-state index contributed by atoms with van der Waals surface area (Å²) in [5.41, 5.74) is 5.75. The molecule has 0 saturated heterocycles. The highest BCUT2D eigenvalue weighted by atomic mass is 32.2. The fourth-order valence-electron chi connectivity index (χ4n) is 4.73. The quantitative estimate of drug-likeness (QED) is 0.481. The van der Waals surface area contributed by atoms with Crippen LogP contribution in [0.15, 0.2) is 39.6 Å². The SMILES string of the molecule is CCC(C)(C)[C@H]1CCc2oc3ccc(NS(=O)(=O)c4cc(C)c(C)cc4C)cc3c2C1. The maximum atomic E-state index is 13.1. The first kappa shape index (κ1) is 21.9. The van der Waals surface area contributed by atoms with E-state index in [1.54, 1.807) is 12.1 Å². The third-order valence-corrected chi connectivity index (χ3v) is 8.92. The van der Waals surface area contributed by atoms with Crippen molar-refractivity contribution in [2.75, 3.05) is 4.72 Å². The summed E-state index contributed by atoms with van der Waals surface area (Å²) in [5, 5.41) is 1.03. The van der Waals surface area contributed by atoms with E-state index in [4.69, 9.17) is 4.42 Å². The highest BCUT2D eigenvalue weighted by Gasteiger charge is 2.33. The van der Waals surface area contributed by atoms with Crippen LogP contribution in [0.4, 0.5) is 5.69 Å². The van der Waals surface area contributed by atoms with Gasteiger partial charge in [-0.15, -0.1) is 0 Å². The van der Waals surface area contributed by atoms with Crippen molar-refractivity contribution in [3.05, 3.63) is 58.3 Å². The largest absolute Gasteiger partial charge is 0.461 e. The molecular formula is C26H33NO3S. The molecule has 0 spiro atoms. The lowest BCUT2D eigenvalue weighted by molar-refractivity contribution is 0.179. The zero-order valence-electron chi connectivity index (χ0n) is 19.4. The molecule has 2 aromatic carbocycles. The van der Waals surface area contributed by atoms with E-state index in [-0.39, 0.29) is 5.41 Å². The summed E-state index contributed by atoms with van der Waals surface area (Å²) in [5.74, 6) is 1.66. The molecule has 4 nitrogen and oxygen atoms in total. The Hall–Kier alpha value is -2.27. The van der Waals surface area contributed by atoms with Gasteiger partial charge in [0.1, 0.15) is 11.3 Å². The molecule has 1 aliphatic rings. The number of nitrogens with one attached hydrogen (secondary N) is 1. The summed E-state index contributed by atoms with van der Waals surface area (Å²) >= 11 is 0. The molecular weight excluding hydrogens is 406 g/mol. The number of fused-ring (bicyclic) bond motifs is 3. The van der Waals surface area contributed by atoms with Crippen molar-refractivity contribution >= 4 is 26.7 Å². The minimum atomic E-state index is -3.67. The molecule has 0 saturated carbocycles. The lowest BCUT2D eigenvalue weighted by Crippen LogP contribution is -2.28. The number of rotatable bonds is 5. The molecule has 0 unspecified atom stereocenters. The normalized spacial score (nSPS) is 17.0. The van der Waals surface area contributed by atoms with Gasteiger partial charge < -0.3 is 4.42 Å². The van der Waals surface area contributed by atoms with Gasteiger partial charge in [-0.2, -0.15) is 0 Å². The van der Waals surface area contributed by atoms with Gasteiger partial charge in [0.15, 0.2) is 0 Å². The van der Waals surface area contributed by atoms with Crippen molar-refractivity contribution in [1.29, 1.82) is 0 Å². The first-order valence-corrected chi connectivity index (χ1v) is 12.6. The van der Waals surface area contributed by atoms with Crippen LogP contribution in [-0.2, 0) is 22.9 Å². The molecule has 0 aliphatic heterocycles. The fourth-order valence-corrected chi connectivity index (χ4v) is 6.09. The van der Waals surface area contributed by atoms with Gasteiger partial charge in [-0.3, -0.25) is 4.72 Å². The van der Waals surface area contributed by atoms with E-state index in [1.165, 1.54) is 5.56 Å². The van der Waals surface area contributed by atoms with Crippen molar-refractivity contribution in [2.45, 2.75) is 72.1 Å². The van der Waals surface area contributed by atoms with Crippen molar-refractivity contribution in [1.82, 2.24) is 0 Å². The van der Waals surface area contributed by atoms with Crippen LogP contribution in [0.2, 0.25) is 0 Å². The fraction of sp³-hybridized carbons (Fsp3) is 0.462. The van der Waals surface area contributed by atoms with Crippen LogP contribution in [0.3, 0.4) is 0 Å². The highest BCUT2D eigenvalue weighted by Crippen LogP contribution is 2.43. The first-order chi connectivity index (χ1) is 14.5. The number of aryl methyl sites for hydroxylation is 4. The smallest absolute Gasteiger partial charge is 0.262 e. The molecule has 3 aromatic rings. The Labute approximate surface area is 186 Å². The van der Waals surface area contributed by atoms with Gasteiger partial charge in [0.05, 0.1) is 4.90 Å². The van der Waals surface area contributed by atoms with E-state index in [0.717, 1.165) is 59.1 Å². The summed E-state index contributed by atoms with van der Waals surface area (Å²) in [4.78, 5) is 0.328. The van der Waals surface area contributed by atoms with Crippen molar-refractivity contribution in [3.63, 3.8) is 0 Å². The number of furan rings is 1. The predicted molar refractivity (Wildman–Crippen MR) is 127 cm³/mol. The molecule has 0 radical (unpaired) electrons. The summed E-state index contributed by atoms with van der Waals surface area (Å²) in [6.45, 7) is 12.7. The minimum absolute atomic E-state index is 0.279. The van der Waals surface area contributed by atoms with Crippen LogP contribution in [-0.4, -0.2) is 8.42 Å². The van der Waals surface area contributed by atoms with Crippen LogP contribution in [0.1, 0.15) is 61.6 Å². The summed E-state index contributed by atoms with van der Waals surface area (Å²) < 4.78 is 35.2. The standard InChI is InChI=1S/C26H33NO3S/c1-7-26(5,6)19-8-10-23-21(14-19)22-15-20(9-11-24(22)30-23)27-31(28,29)25-13-17(3)16(2)12-18(25)4/h9,11-13,15,19,27H,7-8,10,14H2,1-6H3/t19-/m0/s1. The number of sulfonamides is 1. The molecule has 1 atom stereocenters.